The molecule has 11 heteroatoms. The minimum absolute atomic E-state index is 0.0713. The van der Waals surface area contributed by atoms with Crippen molar-refractivity contribution in [3.05, 3.63) is 53.6 Å². The third kappa shape index (κ3) is 5.35. The number of carbonyl (C=O) groups excluding carboxylic acids is 2. The van der Waals surface area contributed by atoms with Gasteiger partial charge in [-0.2, -0.15) is 5.10 Å². The maximum Gasteiger partial charge on any atom is 0.249 e. The first kappa shape index (κ1) is 26.7. The molecule has 0 radical (unpaired) electrons. The Bertz CT molecular complexity index is 1290. The zero-order valence-corrected chi connectivity index (χ0v) is 21.5. The fourth-order valence-electron chi connectivity index (χ4n) is 3.78. The van der Waals surface area contributed by atoms with Gasteiger partial charge in [0.05, 0.1) is 17.4 Å². The molecule has 3 aromatic rings. The molecule has 0 bridgehead atoms. The number of hydrogen-bond donors (Lipinski definition) is 2. The average molecular weight is 497 g/mol. The lowest BCUT2D eigenvalue weighted by Gasteiger charge is -2.43. The third-order valence-electron chi connectivity index (χ3n) is 6.30. The molecule has 0 saturated carbocycles. The Morgan fingerprint density at radius 3 is 2.39 bits per heavy atom. The standard InChI is InChI=1S/C17H16FN3O.C8H17N5O/c1-17(2,3)14-8-15(11-4-6-12(18)7-5-11)20-21-9-13(10-22)19-16(14)21;1-8(2)6(14)13(7(9)11-10)5-4-12(8)3/h4-10H,1-3H3;4-5,10H2,1-3H3,(H2,9,11). The predicted octanol–water partition coefficient (Wildman–Crippen LogP) is 2.37. The Morgan fingerprint density at radius 1 is 1.19 bits per heavy atom. The first-order valence-corrected chi connectivity index (χ1v) is 11.5. The van der Waals surface area contributed by atoms with Crippen LogP contribution in [0.3, 0.4) is 0 Å². The second-order valence-electron chi connectivity index (χ2n) is 10.2. The minimum atomic E-state index is -0.548. The van der Waals surface area contributed by atoms with Crippen LogP contribution in [-0.4, -0.2) is 68.2 Å². The van der Waals surface area contributed by atoms with Gasteiger partial charge >= 0.3 is 0 Å². The number of rotatable bonds is 2. The molecule has 36 heavy (non-hydrogen) atoms. The van der Waals surface area contributed by atoms with Gasteiger partial charge in [0, 0.05) is 24.2 Å². The molecule has 0 unspecified atom stereocenters. The molecule has 1 fully saturated rings. The summed E-state index contributed by atoms with van der Waals surface area (Å²) < 4.78 is 14.7. The van der Waals surface area contributed by atoms with Gasteiger partial charge in [-0.3, -0.25) is 19.4 Å². The number of nitrogens with two attached hydrogens (primary N) is 2. The number of hydrogen-bond acceptors (Lipinski definition) is 7. The molecule has 10 nitrogen and oxygen atoms in total. The van der Waals surface area contributed by atoms with Gasteiger partial charge < -0.3 is 11.6 Å². The average Bonchev–Trinajstić information content (AvgIpc) is 3.25. The number of amides is 1. The number of fused-ring (bicyclic) bond motifs is 1. The highest BCUT2D eigenvalue weighted by atomic mass is 19.1. The van der Waals surface area contributed by atoms with Crippen LogP contribution < -0.4 is 11.6 Å². The van der Waals surface area contributed by atoms with Crippen molar-refractivity contribution in [1.29, 1.82) is 0 Å². The molecule has 1 aliphatic rings. The van der Waals surface area contributed by atoms with Crippen molar-refractivity contribution in [3.8, 4) is 11.3 Å². The van der Waals surface area contributed by atoms with Crippen LogP contribution in [0, 0.1) is 5.82 Å². The van der Waals surface area contributed by atoms with Crippen molar-refractivity contribution >= 4 is 23.8 Å². The number of carbonyl (C=O) groups is 2. The molecule has 0 atom stereocenters. The van der Waals surface area contributed by atoms with Crippen molar-refractivity contribution in [3.63, 3.8) is 0 Å². The van der Waals surface area contributed by atoms with Crippen molar-refractivity contribution in [1.82, 2.24) is 24.4 Å². The van der Waals surface area contributed by atoms with E-state index in [0.29, 0.717) is 29.9 Å². The van der Waals surface area contributed by atoms with Crippen LogP contribution in [0.2, 0.25) is 0 Å². The van der Waals surface area contributed by atoms with Crippen LogP contribution in [0.1, 0.15) is 50.7 Å². The highest BCUT2D eigenvalue weighted by Gasteiger charge is 2.41. The van der Waals surface area contributed by atoms with Crippen LogP contribution in [0.4, 0.5) is 4.39 Å². The van der Waals surface area contributed by atoms with E-state index in [4.69, 9.17) is 11.6 Å². The molecule has 0 spiro atoms. The molecule has 0 aliphatic carbocycles. The number of guanidine groups is 1. The van der Waals surface area contributed by atoms with Gasteiger partial charge in [0.15, 0.2) is 11.9 Å². The highest BCUT2D eigenvalue weighted by Crippen LogP contribution is 2.29. The number of likely N-dealkylation sites (N-methyl/N-ethyl adjacent to an activating group) is 1. The van der Waals surface area contributed by atoms with E-state index in [-0.39, 0.29) is 23.1 Å². The SMILES string of the molecule is CC(C)(C)c1cc(-c2ccc(F)cc2)nn2cc(C=O)nc12.CN1CCN(/C(N)=N/N)C(=O)C1(C)C. The van der Waals surface area contributed by atoms with Crippen molar-refractivity contribution in [2.24, 2.45) is 16.7 Å². The molecule has 1 saturated heterocycles. The highest BCUT2D eigenvalue weighted by molar-refractivity contribution is 6.00. The molecule has 2 aromatic heterocycles. The molecule has 192 valence electrons. The number of hydrazone groups is 1. The fourth-order valence-corrected chi connectivity index (χ4v) is 3.78. The number of halogens is 1. The van der Waals surface area contributed by atoms with Crippen molar-refractivity contribution in [2.45, 2.75) is 45.6 Å². The Hall–Kier alpha value is -3.86. The van der Waals surface area contributed by atoms with E-state index >= 15 is 0 Å². The summed E-state index contributed by atoms with van der Waals surface area (Å²) in [6.45, 7) is 11.2. The first-order chi connectivity index (χ1) is 16.8. The summed E-state index contributed by atoms with van der Waals surface area (Å²) in [7, 11) is 1.91. The van der Waals surface area contributed by atoms with Crippen LogP contribution in [0.25, 0.3) is 16.9 Å². The van der Waals surface area contributed by atoms with Crippen LogP contribution in [0.15, 0.2) is 41.6 Å². The van der Waals surface area contributed by atoms with Gasteiger partial charge in [0.25, 0.3) is 0 Å². The molecule has 1 aromatic carbocycles. The fraction of sp³-hybridized carbons (Fsp3) is 0.400. The Balaban J connectivity index is 0.000000223. The van der Waals surface area contributed by atoms with E-state index in [1.54, 1.807) is 22.8 Å². The summed E-state index contributed by atoms with van der Waals surface area (Å²) >= 11 is 0. The van der Waals surface area contributed by atoms with Gasteiger partial charge in [-0.05, 0) is 56.6 Å². The quantitative estimate of drug-likeness (QED) is 0.183. The van der Waals surface area contributed by atoms with Gasteiger partial charge in [0.1, 0.15) is 11.5 Å². The second-order valence-corrected chi connectivity index (χ2v) is 10.2. The summed E-state index contributed by atoms with van der Waals surface area (Å²) in [5, 5.41) is 7.82. The van der Waals surface area contributed by atoms with Gasteiger partial charge in [0.2, 0.25) is 11.9 Å². The maximum absolute atomic E-state index is 13.1. The van der Waals surface area contributed by atoms with Crippen LogP contribution in [-0.2, 0) is 10.2 Å². The largest absolute Gasteiger partial charge is 0.368 e. The summed E-state index contributed by atoms with van der Waals surface area (Å²) in [5.74, 6) is 4.77. The molecule has 3 heterocycles. The first-order valence-electron chi connectivity index (χ1n) is 11.5. The predicted molar refractivity (Wildman–Crippen MR) is 137 cm³/mol. The summed E-state index contributed by atoms with van der Waals surface area (Å²) in [5.41, 5.74) is 8.33. The number of piperazine rings is 1. The molecule has 1 aliphatic heterocycles. The molecular weight excluding hydrogens is 463 g/mol. The Labute approximate surface area is 209 Å². The zero-order valence-electron chi connectivity index (χ0n) is 21.5. The van der Waals surface area contributed by atoms with E-state index in [1.807, 2.05) is 31.9 Å². The van der Waals surface area contributed by atoms with E-state index in [2.05, 4.69) is 36.0 Å². The third-order valence-corrected chi connectivity index (χ3v) is 6.30. The second kappa shape index (κ2) is 10.0. The number of imidazole rings is 1. The zero-order chi connectivity index (χ0) is 26.8. The summed E-state index contributed by atoms with van der Waals surface area (Å²) in [6, 6.07) is 8.14. The number of aromatic nitrogens is 3. The minimum Gasteiger partial charge on any atom is -0.368 e. The molecule has 4 N–H and O–H groups in total. The van der Waals surface area contributed by atoms with Gasteiger partial charge in [-0.15, -0.1) is 5.10 Å². The maximum atomic E-state index is 13.1. The number of nitrogens with zero attached hydrogens (tertiary/aromatic N) is 6. The topological polar surface area (TPSA) is 135 Å². The van der Waals surface area contributed by atoms with E-state index in [9.17, 15) is 14.0 Å². The Morgan fingerprint density at radius 2 is 1.83 bits per heavy atom. The van der Waals surface area contributed by atoms with Gasteiger partial charge in [-0.25, -0.2) is 13.9 Å². The monoisotopic (exact) mass is 496 g/mol. The van der Waals surface area contributed by atoms with E-state index < -0.39 is 5.54 Å². The molecular formula is C25H33FN8O2. The summed E-state index contributed by atoms with van der Waals surface area (Å²) in [6.07, 6.45) is 2.31. The van der Waals surface area contributed by atoms with Crippen LogP contribution >= 0.6 is 0 Å². The lowest BCUT2D eigenvalue weighted by atomic mass is 9.87. The number of benzene rings is 1. The molecule has 4 rings (SSSR count). The number of aldehydes is 1. The smallest absolute Gasteiger partial charge is 0.249 e. The summed E-state index contributed by atoms with van der Waals surface area (Å²) in [4.78, 5) is 30.6. The van der Waals surface area contributed by atoms with Crippen molar-refractivity contribution in [2.75, 3.05) is 20.1 Å². The van der Waals surface area contributed by atoms with Gasteiger partial charge in [-0.1, -0.05) is 20.8 Å². The lowest BCUT2D eigenvalue weighted by molar-refractivity contribution is -0.142. The van der Waals surface area contributed by atoms with E-state index in [1.165, 1.54) is 17.0 Å². The van der Waals surface area contributed by atoms with Crippen LogP contribution in [0.5, 0.6) is 0 Å². The van der Waals surface area contributed by atoms with Crippen molar-refractivity contribution < 1.29 is 14.0 Å². The molecule has 1 amide bonds. The van der Waals surface area contributed by atoms with E-state index in [0.717, 1.165) is 17.7 Å². The Kier molecular flexibility index (Phi) is 7.44. The normalized spacial score (nSPS) is 16.6. The lowest BCUT2D eigenvalue weighted by Crippen LogP contribution is -2.64.